The van der Waals surface area contributed by atoms with Gasteiger partial charge < -0.3 is 15.2 Å². The summed E-state index contributed by atoms with van der Waals surface area (Å²) in [6.45, 7) is 2.11. The molecule has 0 radical (unpaired) electrons. The molecule has 0 saturated heterocycles. The highest BCUT2D eigenvalue weighted by Crippen LogP contribution is 2.38. The molecule has 1 unspecified atom stereocenters. The van der Waals surface area contributed by atoms with Crippen LogP contribution in [0.1, 0.15) is 42.9 Å². The first-order valence-electron chi connectivity index (χ1n) is 7.15. The van der Waals surface area contributed by atoms with Crippen molar-refractivity contribution in [3.8, 4) is 5.75 Å². The molecule has 1 aliphatic rings. The molecule has 0 bridgehead atoms. The minimum absolute atomic E-state index is 0.104. The molecule has 3 heteroatoms. The monoisotopic (exact) mass is 263 g/mol. The predicted molar refractivity (Wildman–Crippen MR) is 77.5 cm³/mol. The van der Waals surface area contributed by atoms with Crippen molar-refractivity contribution in [2.45, 2.75) is 44.8 Å². The summed E-state index contributed by atoms with van der Waals surface area (Å²) in [5.74, 6) is 1.53. The molecule has 19 heavy (non-hydrogen) atoms. The third-order valence-electron chi connectivity index (χ3n) is 4.24. The number of hydrogen-bond acceptors (Lipinski definition) is 3. The summed E-state index contributed by atoms with van der Waals surface area (Å²) in [6, 6.07) is 6.65. The number of aliphatic hydroxyl groups is 1. The van der Waals surface area contributed by atoms with Crippen molar-refractivity contribution in [1.82, 2.24) is 5.32 Å². The summed E-state index contributed by atoms with van der Waals surface area (Å²) in [4.78, 5) is 0. The molecular formula is C16H25NO2. The molecule has 0 spiro atoms. The Hall–Kier alpha value is -1.06. The topological polar surface area (TPSA) is 41.5 Å². The summed E-state index contributed by atoms with van der Waals surface area (Å²) >= 11 is 0. The second-order valence-corrected chi connectivity index (χ2v) is 5.58. The smallest absolute Gasteiger partial charge is 0.123 e. The van der Waals surface area contributed by atoms with Gasteiger partial charge in [0.25, 0.3) is 0 Å². The largest absolute Gasteiger partial charge is 0.496 e. The molecule has 3 nitrogen and oxygen atoms in total. The number of hydrogen-bond donors (Lipinski definition) is 2. The molecule has 1 aromatic rings. The fourth-order valence-corrected chi connectivity index (χ4v) is 3.18. The van der Waals surface area contributed by atoms with Crippen molar-refractivity contribution in [2.75, 3.05) is 14.2 Å². The summed E-state index contributed by atoms with van der Waals surface area (Å²) < 4.78 is 5.51. The predicted octanol–water partition coefficient (Wildman–Crippen LogP) is 2.82. The van der Waals surface area contributed by atoms with Crippen LogP contribution in [-0.4, -0.2) is 25.4 Å². The average Bonchev–Trinajstić information content (AvgIpc) is 2.42. The average molecular weight is 263 g/mol. The minimum Gasteiger partial charge on any atom is -0.496 e. The van der Waals surface area contributed by atoms with Crippen molar-refractivity contribution in [1.29, 1.82) is 0 Å². The van der Waals surface area contributed by atoms with Crippen molar-refractivity contribution < 1.29 is 9.84 Å². The second kappa shape index (κ2) is 6.40. The molecule has 1 aliphatic carbocycles. The van der Waals surface area contributed by atoms with Crippen LogP contribution < -0.4 is 10.1 Å². The summed E-state index contributed by atoms with van der Waals surface area (Å²) in [5, 5.41) is 13.1. The zero-order valence-electron chi connectivity index (χ0n) is 12.1. The fourth-order valence-electron chi connectivity index (χ4n) is 3.18. The van der Waals surface area contributed by atoms with Gasteiger partial charge in [-0.3, -0.25) is 0 Å². The van der Waals surface area contributed by atoms with E-state index < -0.39 is 0 Å². The SMILES string of the molecule is CNC(c1cc(C)ccc1OC)C1CCC(O)CC1. The van der Waals surface area contributed by atoms with Gasteiger partial charge in [-0.2, -0.15) is 0 Å². The van der Waals surface area contributed by atoms with Gasteiger partial charge >= 0.3 is 0 Å². The molecule has 0 aromatic heterocycles. The Kier molecular flexibility index (Phi) is 4.83. The minimum atomic E-state index is -0.104. The molecule has 1 fully saturated rings. The Bertz CT molecular complexity index is 411. The Morgan fingerprint density at radius 2 is 1.95 bits per heavy atom. The van der Waals surface area contributed by atoms with Gasteiger partial charge in [0.2, 0.25) is 0 Å². The first kappa shape index (κ1) is 14.4. The van der Waals surface area contributed by atoms with E-state index in [1.54, 1.807) is 7.11 Å². The maximum atomic E-state index is 9.65. The van der Waals surface area contributed by atoms with E-state index in [1.165, 1.54) is 11.1 Å². The molecular weight excluding hydrogens is 238 g/mol. The Morgan fingerprint density at radius 1 is 1.26 bits per heavy atom. The normalized spacial score (nSPS) is 25.1. The number of aryl methyl sites for hydroxylation is 1. The highest BCUT2D eigenvalue weighted by atomic mass is 16.5. The lowest BCUT2D eigenvalue weighted by molar-refractivity contribution is 0.0978. The number of nitrogens with one attached hydrogen (secondary N) is 1. The molecule has 1 atom stereocenters. The summed E-state index contributed by atoms with van der Waals surface area (Å²) in [5.41, 5.74) is 2.50. The molecule has 1 aromatic carbocycles. The van der Waals surface area contributed by atoms with E-state index in [0.717, 1.165) is 31.4 Å². The number of benzene rings is 1. The van der Waals surface area contributed by atoms with Crippen LogP contribution in [0.4, 0.5) is 0 Å². The number of methoxy groups -OCH3 is 1. The van der Waals surface area contributed by atoms with Crippen molar-refractivity contribution in [3.63, 3.8) is 0 Å². The van der Waals surface area contributed by atoms with E-state index in [4.69, 9.17) is 4.74 Å². The molecule has 0 aliphatic heterocycles. The van der Waals surface area contributed by atoms with Crippen LogP contribution in [0.15, 0.2) is 18.2 Å². The van der Waals surface area contributed by atoms with Crippen LogP contribution in [0.5, 0.6) is 5.75 Å². The summed E-state index contributed by atoms with van der Waals surface area (Å²) in [7, 11) is 3.74. The molecule has 1 saturated carbocycles. The molecule has 0 amide bonds. The summed E-state index contributed by atoms with van der Waals surface area (Å²) in [6.07, 6.45) is 3.87. The van der Waals surface area contributed by atoms with Crippen molar-refractivity contribution in [2.24, 2.45) is 5.92 Å². The van der Waals surface area contributed by atoms with E-state index in [9.17, 15) is 5.11 Å². The van der Waals surface area contributed by atoms with E-state index >= 15 is 0 Å². The van der Waals surface area contributed by atoms with Gasteiger partial charge in [-0.15, -0.1) is 0 Å². The van der Waals surface area contributed by atoms with E-state index in [1.807, 2.05) is 13.1 Å². The Balaban J connectivity index is 2.23. The first-order chi connectivity index (χ1) is 9.15. The lowest BCUT2D eigenvalue weighted by atomic mass is 9.79. The van der Waals surface area contributed by atoms with Gasteiger partial charge in [0.05, 0.1) is 13.2 Å². The van der Waals surface area contributed by atoms with Crippen LogP contribution in [0.3, 0.4) is 0 Å². The van der Waals surface area contributed by atoms with Gasteiger partial charge in [0.15, 0.2) is 0 Å². The molecule has 0 heterocycles. The Labute approximate surface area is 116 Å². The zero-order valence-corrected chi connectivity index (χ0v) is 12.1. The maximum Gasteiger partial charge on any atom is 0.123 e. The van der Waals surface area contributed by atoms with Crippen molar-refractivity contribution in [3.05, 3.63) is 29.3 Å². The van der Waals surface area contributed by atoms with Crippen LogP contribution in [-0.2, 0) is 0 Å². The molecule has 106 valence electrons. The third-order valence-corrected chi connectivity index (χ3v) is 4.24. The van der Waals surface area contributed by atoms with E-state index in [2.05, 4.69) is 24.4 Å². The van der Waals surface area contributed by atoms with Gasteiger partial charge in [-0.05, 0) is 51.6 Å². The van der Waals surface area contributed by atoms with Crippen LogP contribution in [0.25, 0.3) is 0 Å². The van der Waals surface area contributed by atoms with Gasteiger partial charge in [-0.25, -0.2) is 0 Å². The molecule has 2 rings (SSSR count). The van der Waals surface area contributed by atoms with Gasteiger partial charge in [-0.1, -0.05) is 17.7 Å². The third kappa shape index (κ3) is 3.28. The van der Waals surface area contributed by atoms with Crippen LogP contribution >= 0.6 is 0 Å². The lowest BCUT2D eigenvalue weighted by Crippen LogP contribution is -2.30. The Morgan fingerprint density at radius 3 is 2.53 bits per heavy atom. The number of aliphatic hydroxyl groups excluding tert-OH is 1. The van der Waals surface area contributed by atoms with Crippen LogP contribution in [0, 0.1) is 12.8 Å². The maximum absolute atomic E-state index is 9.65. The number of rotatable bonds is 4. The zero-order chi connectivity index (χ0) is 13.8. The van der Waals surface area contributed by atoms with Crippen molar-refractivity contribution >= 4 is 0 Å². The van der Waals surface area contributed by atoms with Gasteiger partial charge in [0.1, 0.15) is 5.75 Å². The second-order valence-electron chi connectivity index (χ2n) is 5.58. The lowest BCUT2D eigenvalue weighted by Gasteiger charge is -2.33. The number of ether oxygens (including phenoxy) is 1. The quantitative estimate of drug-likeness (QED) is 0.877. The van der Waals surface area contributed by atoms with Gasteiger partial charge in [0, 0.05) is 11.6 Å². The highest BCUT2D eigenvalue weighted by Gasteiger charge is 2.28. The molecule has 2 N–H and O–H groups in total. The fraction of sp³-hybridized carbons (Fsp3) is 0.625. The highest BCUT2D eigenvalue weighted by molar-refractivity contribution is 5.39. The standard InChI is InChI=1S/C16H25NO2/c1-11-4-9-15(19-3)14(10-11)16(17-2)12-5-7-13(18)8-6-12/h4,9-10,12-13,16-18H,5-8H2,1-3H3. The first-order valence-corrected chi connectivity index (χ1v) is 7.15. The van der Waals surface area contributed by atoms with E-state index in [0.29, 0.717) is 12.0 Å². The van der Waals surface area contributed by atoms with Crippen LogP contribution in [0.2, 0.25) is 0 Å². The van der Waals surface area contributed by atoms with E-state index in [-0.39, 0.29) is 6.10 Å².